The number of H-pyrrole nitrogens is 1. The van der Waals surface area contributed by atoms with Crippen LogP contribution >= 0.6 is 22.7 Å². The molecule has 0 aliphatic carbocycles. The lowest BCUT2D eigenvalue weighted by Crippen LogP contribution is -2.29. The van der Waals surface area contributed by atoms with Crippen LogP contribution in [-0.4, -0.2) is 51.7 Å². The minimum absolute atomic E-state index is 0.143. The van der Waals surface area contributed by atoms with E-state index in [1.54, 1.807) is 39.0 Å². The van der Waals surface area contributed by atoms with E-state index < -0.39 is 0 Å². The predicted molar refractivity (Wildman–Crippen MR) is 134 cm³/mol. The van der Waals surface area contributed by atoms with Crippen LogP contribution in [0.3, 0.4) is 0 Å². The fourth-order valence-electron chi connectivity index (χ4n) is 4.44. The molecule has 0 aromatic carbocycles. The molecule has 0 atom stereocenters. The zero-order chi connectivity index (χ0) is 23.7. The van der Waals surface area contributed by atoms with Gasteiger partial charge in [-0.25, -0.2) is 9.50 Å². The van der Waals surface area contributed by atoms with Crippen molar-refractivity contribution in [1.29, 1.82) is 0 Å². The van der Waals surface area contributed by atoms with Gasteiger partial charge in [-0.05, 0) is 6.07 Å². The highest BCUT2D eigenvalue weighted by molar-refractivity contribution is 7.21. The Bertz CT molecular complexity index is 1820. The second-order valence-electron chi connectivity index (χ2n) is 8.46. The molecule has 1 aliphatic rings. The third kappa shape index (κ3) is 3.35. The highest BCUT2D eigenvalue weighted by Gasteiger charge is 2.23. The van der Waals surface area contributed by atoms with Gasteiger partial charge in [-0.2, -0.15) is 10.2 Å². The van der Waals surface area contributed by atoms with Crippen molar-refractivity contribution in [2.24, 2.45) is 7.05 Å². The number of aromatic amines is 1. The van der Waals surface area contributed by atoms with Crippen molar-refractivity contribution in [1.82, 2.24) is 39.2 Å². The maximum Gasteiger partial charge on any atom is 0.261 e. The predicted octanol–water partition coefficient (Wildman–Crippen LogP) is 2.60. The average Bonchev–Trinajstić information content (AvgIpc) is 3.59. The second-order valence-corrected chi connectivity index (χ2v) is 10.4. The van der Waals surface area contributed by atoms with Gasteiger partial charge < -0.3 is 10.3 Å². The van der Waals surface area contributed by atoms with Crippen LogP contribution in [0.15, 0.2) is 41.2 Å². The van der Waals surface area contributed by atoms with E-state index in [1.165, 1.54) is 16.2 Å². The molecule has 13 heteroatoms. The number of hydrogen-bond acceptors (Lipinski definition) is 9. The Labute approximate surface area is 204 Å². The Morgan fingerprint density at radius 1 is 1.20 bits per heavy atom. The quantitative estimate of drug-likeness (QED) is 0.379. The van der Waals surface area contributed by atoms with Gasteiger partial charge in [-0.1, -0.05) is 0 Å². The fourth-order valence-corrected chi connectivity index (χ4v) is 6.32. The first-order valence-electron chi connectivity index (χ1n) is 10.8. The average molecular weight is 504 g/mol. The highest BCUT2D eigenvalue weighted by atomic mass is 32.1. The molecule has 7 heterocycles. The minimum atomic E-state index is -0.247. The molecule has 0 spiro atoms. The van der Waals surface area contributed by atoms with Crippen LogP contribution in [0.25, 0.3) is 37.2 Å². The number of aryl methyl sites for hydroxylation is 1. The smallest absolute Gasteiger partial charge is 0.261 e. The molecular weight excluding hydrogens is 486 g/mol. The molecule has 0 saturated heterocycles. The van der Waals surface area contributed by atoms with Gasteiger partial charge in [0.05, 0.1) is 46.2 Å². The number of carbonyl (C=O) groups is 1. The van der Waals surface area contributed by atoms with Crippen LogP contribution in [-0.2, 0) is 24.9 Å². The summed E-state index contributed by atoms with van der Waals surface area (Å²) in [6.07, 6.45) is 7.19. The molecule has 174 valence electrons. The monoisotopic (exact) mass is 503 g/mol. The van der Waals surface area contributed by atoms with E-state index in [2.05, 4.69) is 30.5 Å². The van der Waals surface area contributed by atoms with Gasteiger partial charge in [0.1, 0.15) is 21.3 Å². The number of amides is 1. The number of carbonyl (C=O) groups excluding carboxylic acids is 1. The van der Waals surface area contributed by atoms with Gasteiger partial charge in [-0.3, -0.25) is 24.2 Å². The van der Waals surface area contributed by atoms with E-state index >= 15 is 0 Å². The summed E-state index contributed by atoms with van der Waals surface area (Å²) in [6.45, 7) is 1.66. The zero-order valence-electron chi connectivity index (χ0n) is 18.3. The molecule has 11 nitrogen and oxygen atoms in total. The SMILES string of the molecule is Cn1cc(-c2cn3nc4c5ncc(NC(=O)CN6Cc7ncsc7C6)cc5[nH]c(=O)c4c3s2)cn1. The molecule has 6 aromatic heterocycles. The number of pyridine rings is 2. The first kappa shape index (κ1) is 20.4. The highest BCUT2D eigenvalue weighted by Crippen LogP contribution is 2.33. The summed E-state index contributed by atoms with van der Waals surface area (Å²) in [5.74, 6) is -0.143. The van der Waals surface area contributed by atoms with Crippen LogP contribution in [0, 0.1) is 0 Å². The molecule has 1 aliphatic heterocycles. The van der Waals surface area contributed by atoms with Crippen LogP contribution in [0.2, 0.25) is 0 Å². The molecular formula is C22H17N9O2S2. The standard InChI is InChI=1S/C22H17N9O2S2/c1-29-5-11(3-25-29)15-8-31-22(35-15)18-20(28-31)19-13(27-21(18)33)2-12(4-23-19)26-17(32)9-30-6-14-16(7-30)34-10-24-14/h2-5,8,10H,6-7,9H2,1H3,(H,26,32)(H,27,33). The maximum absolute atomic E-state index is 13.0. The summed E-state index contributed by atoms with van der Waals surface area (Å²) in [5.41, 5.74) is 5.74. The molecule has 0 fully saturated rings. The van der Waals surface area contributed by atoms with Gasteiger partial charge in [0.2, 0.25) is 5.91 Å². The Morgan fingerprint density at radius 3 is 2.94 bits per heavy atom. The van der Waals surface area contributed by atoms with E-state index in [9.17, 15) is 9.59 Å². The molecule has 1 amide bonds. The zero-order valence-corrected chi connectivity index (χ0v) is 20.0. The van der Waals surface area contributed by atoms with Gasteiger partial charge >= 0.3 is 0 Å². The number of aromatic nitrogens is 7. The van der Waals surface area contributed by atoms with Crippen LogP contribution in [0.5, 0.6) is 0 Å². The Morgan fingerprint density at radius 2 is 2.11 bits per heavy atom. The van der Waals surface area contributed by atoms with Crippen molar-refractivity contribution in [2.75, 3.05) is 11.9 Å². The Balaban J connectivity index is 1.19. The van der Waals surface area contributed by atoms with Crippen molar-refractivity contribution in [2.45, 2.75) is 13.1 Å². The molecule has 0 unspecified atom stereocenters. The van der Waals surface area contributed by atoms with E-state index in [4.69, 9.17) is 0 Å². The summed E-state index contributed by atoms with van der Waals surface area (Å²) in [4.78, 5) is 42.3. The molecule has 0 saturated carbocycles. The van der Waals surface area contributed by atoms with Gasteiger partial charge in [-0.15, -0.1) is 22.7 Å². The summed E-state index contributed by atoms with van der Waals surface area (Å²) in [7, 11) is 1.86. The summed E-state index contributed by atoms with van der Waals surface area (Å²) in [5, 5.41) is 12.2. The fraction of sp³-hybridized carbons (Fsp3) is 0.182. The van der Waals surface area contributed by atoms with Crippen LogP contribution in [0.1, 0.15) is 10.6 Å². The Kier molecular flexibility index (Phi) is 4.40. The first-order chi connectivity index (χ1) is 17.0. The lowest BCUT2D eigenvalue weighted by Gasteiger charge is -2.14. The van der Waals surface area contributed by atoms with E-state index in [-0.39, 0.29) is 18.0 Å². The number of thiazole rings is 2. The van der Waals surface area contributed by atoms with Gasteiger partial charge in [0.25, 0.3) is 5.56 Å². The second kappa shape index (κ2) is 7.53. The first-order valence-corrected chi connectivity index (χ1v) is 12.5. The normalized spacial score (nSPS) is 13.9. The third-order valence-corrected chi connectivity index (χ3v) is 8.01. The van der Waals surface area contributed by atoms with Gasteiger partial charge in [0.15, 0.2) is 0 Å². The Hall–Kier alpha value is -3.94. The lowest BCUT2D eigenvalue weighted by atomic mass is 10.2. The molecule has 35 heavy (non-hydrogen) atoms. The third-order valence-electron chi connectivity index (χ3n) is 6.01. The van der Waals surface area contributed by atoms with Crippen molar-refractivity contribution < 1.29 is 4.79 Å². The number of anilines is 1. The molecule has 6 aromatic rings. The molecule has 0 bridgehead atoms. The van der Waals surface area contributed by atoms with Crippen molar-refractivity contribution in [3.8, 4) is 10.4 Å². The summed E-state index contributed by atoms with van der Waals surface area (Å²) >= 11 is 3.09. The number of rotatable bonds is 4. The van der Waals surface area contributed by atoms with E-state index in [0.29, 0.717) is 34.2 Å². The van der Waals surface area contributed by atoms with Crippen molar-refractivity contribution in [3.63, 3.8) is 0 Å². The molecule has 2 N–H and O–H groups in total. The molecule has 7 rings (SSSR count). The maximum atomic E-state index is 13.0. The van der Waals surface area contributed by atoms with E-state index in [1.807, 2.05) is 29.9 Å². The van der Waals surface area contributed by atoms with Crippen molar-refractivity contribution >= 4 is 61.0 Å². The number of nitrogens with zero attached hydrogens (tertiary/aromatic N) is 7. The minimum Gasteiger partial charge on any atom is -0.324 e. The van der Waals surface area contributed by atoms with E-state index in [0.717, 1.165) is 27.5 Å². The summed E-state index contributed by atoms with van der Waals surface area (Å²) in [6, 6.07) is 1.72. The van der Waals surface area contributed by atoms with Gasteiger partial charge in [0, 0.05) is 43.0 Å². The van der Waals surface area contributed by atoms with Crippen LogP contribution in [0.4, 0.5) is 5.69 Å². The number of hydrogen-bond donors (Lipinski definition) is 2. The van der Waals surface area contributed by atoms with Crippen molar-refractivity contribution in [3.05, 3.63) is 57.3 Å². The molecule has 0 radical (unpaired) electrons. The van der Waals surface area contributed by atoms with Crippen LogP contribution < -0.4 is 10.9 Å². The summed E-state index contributed by atoms with van der Waals surface area (Å²) < 4.78 is 3.45. The largest absolute Gasteiger partial charge is 0.324 e. The lowest BCUT2D eigenvalue weighted by molar-refractivity contribution is -0.117. The number of nitrogens with one attached hydrogen (secondary N) is 2. The number of fused-ring (bicyclic) bond motifs is 6. The topological polar surface area (TPSA) is 126 Å².